The highest BCUT2D eigenvalue weighted by molar-refractivity contribution is 9.10. The summed E-state index contributed by atoms with van der Waals surface area (Å²) in [4.78, 5) is 29.4. The van der Waals surface area contributed by atoms with Crippen LogP contribution >= 0.6 is 15.9 Å². The number of hydrogen-bond donors (Lipinski definition) is 1. The first-order chi connectivity index (χ1) is 14.5. The first-order valence-electron chi connectivity index (χ1n) is 9.94. The Morgan fingerprint density at radius 2 is 1.93 bits per heavy atom. The van der Waals surface area contributed by atoms with E-state index in [1.54, 1.807) is 4.90 Å². The number of para-hydroxylation sites is 2. The fourth-order valence-electron chi connectivity index (χ4n) is 3.70. The molecule has 7 nitrogen and oxygen atoms in total. The molecule has 2 aliphatic heterocycles. The van der Waals surface area contributed by atoms with Gasteiger partial charge in [-0.1, -0.05) is 28.1 Å². The van der Waals surface area contributed by atoms with Crippen LogP contribution in [0.1, 0.15) is 5.56 Å². The Morgan fingerprint density at radius 1 is 1.17 bits per heavy atom. The summed E-state index contributed by atoms with van der Waals surface area (Å²) in [6, 6.07) is 13.2. The molecule has 30 heavy (non-hydrogen) atoms. The summed E-state index contributed by atoms with van der Waals surface area (Å²) in [5.41, 5.74) is 2.55. The number of nitrogens with one attached hydrogen (secondary N) is 1. The number of nitrogens with zero attached hydrogens (tertiary/aromatic N) is 2. The number of fused-ring (bicyclic) bond motifs is 1. The number of anilines is 2. The van der Waals surface area contributed by atoms with Crippen LogP contribution in [0.3, 0.4) is 0 Å². The van der Waals surface area contributed by atoms with E-state index in [-0.39, 0.29) is 18.4 Å². The normalized spacial score (nSPS) is 18.4. The molecule has 8 heteroatoms. The Labute approximate surface area is 184 Å². The second-order valence-corrected chi connectivity index (χ2v) is 8.32. The maximum atomic E-state index is 13.0. The number of carbonyl (C=O) groups is 2. The number of ether oxygens (including phenoxy) is 2. The molecule has 0 spiro atoms. The minimum atomic E-state index is -0.653. The van der Waals surface area contributed by atoms with E-state index in [2.05, 4.69) is 21.2 Å². The molecule has 1 N–H and O–H groups in total. The summed E-state index contributed by atoms with van der Waals surface area (Å²) in [6.45, 7) is 4.58. The van der Waals surface area contributed by atoms with Crippen molar-refractivity contribution < 1.29 is 19.1 Å². The van der Waals surface area contributed by atoms with E-state index >= 15 is 0 Å². The van der Waals surface area contributed by atoms with E-state index in [0.717, 1.165) is 21.4 Å². The van der Waals surface area contributed by atoms with Crippen molar-refractivity contribution in [2.75, 3.05) is 49.6 Å². The Kier molecular flexibility index (Phi) is 6.24. The monoisotopic (exact) mass is 473 g/mol. The van der Waals surface area contributed by atoms with Gasteiger partial charge in [0.25, 0.3) is 5.91 Å². The second-order valence-electron chi connectivity index (χ2n) is 7.40. The molecule has 2 aliphatic rings. The molecule has 2 aromatic rings. The lowest BCUT2D eigenvalue weighted by Crippen LogP contribution is -2.53. The molecule has 1 unspecified atom stereocenters. The largest absolute Gasteiger partial charge is 0.477 e. The van der Waals surface area contributed by atoms with E-state index in [4.69, 9.17) is 9.47 Å². The molecule has 1 atom stereocenters. The van der Waals surface area contributed by atoms with Gasteiger partial charge in [-0.2, -0.15) is 0 Å². The number of carbonyl (C=O) groups excluding carboxylic acids is 2. The zero-order valence-corrected chi connectivity index (χ0v) is 18.4. The first kappa shape index (κ1) is 20.7. The molecule has 1 saturated heterocycles. The maximum absolute atomic E-state index is 13.0. The molecule has 0 aromatic heterocycles. The number of amides is 2. The quantitative estimate of drug-likeness (QED) is 0.738. The van der Waals surface area contributed by atoms with Gasteiger partial charge >= 0.3 is 0 Å². The van der Waals surface area contributed by atoms with Gasteiger partial charge in [0.2, 0.25) is 5.91 Å². The van der Waals surface area contributed by atoms with Gasteiger partial charge in [0.1, 0.15) is 5.75 Å². The highest BCUT2D eigenvalue weighted by Gasteiger charge is 2.34. The van der Waals surface area contributed by atoms with E-state index in [0.29, 0.717) is 38.6 Å². The Hall–Kier alpha value is -2.58. The van der Waals surface area contributed by atoms with Crippen molar-refractivity contribution in [1.29, 1.82) is 0 Å². The van der Waals surface area contributed by atoms with Crippen LogP contribution in [0.15, 0.2) is 46.9 Å². The van der Waals surface area contributed by atoms with Crippen molar-refractivity contribution in [2.45, 2.75) is 13.0 Å². The SMILES string of the molecule is Cc1cc(Br)ccc1NC(=O)CN1CC(C(=O)N2CCOCC2)Oc2ccccc21. The van der Waals surface area contributed by atoms with Gasteiger partial charge in [0, 0.05) is 23.2 Å². The van der Waals surface area contributed by atoms with E-state index < -0.39 is 6.10 Å². The molecule has 1 fully saturated rings. The van der Waals surface area contributed by atoms with Crippen LogP contribution in [0.4, 0.5) is 11.4 Å². The highest BCUT2D eigenvalue weighted by atomic mass is 79.9. The lowest BCUT2D eigenvalue weighted by Gasteiger charge is -2.38. The zero-order valence-electron chi connectivity index (χ0n) is 16.8. The summed E-state index contributed by atoms with van der Waals surface area (Å²) in [6.07, 6.45) is -0.653. The standard InChI is InChI=1S/C22H24BrN3O4/c1-15-12-16(23)6-7-17(15)24-21(27)14-26-13-20(22(28)25-8-10-29-11-9-25)30-19-5-3-2-4-18(19)26/h2-7,12,20H,8-11,13-14H2,1H3,(H,24,27). The number of aryl methyl sites for hydroxylation is 1. The number of morpholine rings is 1. The maximum Gasteiger partial charge on any atom is 0.265 e. The van der Waals surface area contributed by atoms with Crippen molar-refractivity contribution in [1.82, 2.24) is 4.90 Å². The van der Waals surface area contributed by atoms with Gasteiger partial charge < -0.3 is 24.6 Å². The third-order valence-corrected chi connectivity index (χ3v) is 5.75. The van der Waals surface area contributed by atoms with Gasteiger partial charge in [-0.05, 0) is 42.8 Å². The van der Waals surface area contributed by atoms with Crippen LogP contribution in [-0.4, -0.2) is 62.2 Å². The number of hydrogen-bond acceptors (Lipinski definition) is 5. The van der Waals surface area contributed by atoms with Crippen LogP contribution in [0.5, 0.6) is 5.75 Å². The van der Waals surface area contributed by atoms with Crippen LogP contribution in [-0.2, 0) is 14.3 Å². The molecule has 2 heterocycles. The van der Waals surface area contributed by atoms with Crippen LogP contribution in [0, 0.1) is 6.92 Å². The lowest BCUT2D eigenvalue weighted by atomic mass is 10.1. The van der Waals surface area contributed by atoms with Gasteiger partial charge in [-0.25, -0.2) is 0 Å². The second kappa shape index (κ2) is 9.06. The summed E-state index contributed by atoms with van der Waals surface area (Å²) in [7, 11) is 0. The molecule has 0 bridgehead atoms. The minimum Gasteiger partial charge on any atom is -0.477 e. The lowest BCUT2D eigenvalue weighted by molar-refractivity contribution is -0.142. The van der Waals surface area contributed by atoms with Crippen molar-refractivity contribution in [3.05, 3.63) is 52.5 Å². The first-order valence-corrected chi connectivity index (χ1v) is 10.7. The van der Waals surface area contributed by atoms with Gasteiger partial charge in [-0.3, -0.25) is 9.59 Å². The third kappa shape index (κ3) is 4.60. The fourth-order valence-corrected chi connectivity index (χ4v) is 4.18. The zero-order chi connectivity index (χ0) is 21.1. The summed E-state index contributed by atoms with van der Waals surface area (Å²) >= 11 is 3.43. The molecule has 158 valence electrons. The van der Waals surface area contributed by atoms with Crippen molar-refractivity contribution in [3.8, 4) is 5.75 Å². The highest BCUT2D eigenvalue weighted by Crippen LogP contribution is 2.33. The van der Waals surface area contributed by atoms with Gasteiger partial charge in [0.15, 0.2) is 6.10 Å². The summed E-state index contributed by atoms with van der Waals surface area (Å²) < 4.78 is 12.3. The third-order valence-electron chi connectivity index (χ3n) is 5.26. The van der Waals surface area contributed by atoms with Crippen molar-refractivity contribution in [2.24, 2.45) is 0 Å². The van der Waals surface area contributed by atoms with Crippen molar-refractivity contribution in [3.63, 3.8) is 0 Å². The topological polar surface area (TPSA) is 71.1 Å². The number of rotatable bonds is 4. The molecular weight excluding hydrogens is 450 g/mol. The predicted octanol–water partition coefficient (Wildman–Crippen LogP) is 2.82. The smallest absolute Gasteiger partial charge is 0.265 e. The molecule has 2 aromatic carbocycles. The van der Waals surface area contributed by atoms with E-state index in [9.17, 15) is 9.59 Å². The van der Waals surface area contributed by atoms with Crippen LogP contribution < -0.4 is 15.0 Å². The van der Waals surface area contributed by atoms with Crippen molar-refractivity contribution >= 4 is 39.1 Å². The van der Waals surface area contributed by atoms with E-state index in [1.807, 2.05) is 54.3 Å². The molecule has 0 aliphatic carbocycles. The molecule has 0 saturated carbocycles. The van der Waals surface area contributed by atoms with E-state index in [1.165, 1.54) is 0 Å². The summed E-state index contributed by atoms with van der Waals surface area (Å²) in [5, 5.41) is 2.97. The molecule has 0 radical (unpaired) electrons. The fraction of sp³-hybridized carbons (Fsp3) is 0.364. The molecule has 2 amide bonds. The predicted molar refractivity (Wildman–Crippen MR) is 118 cm³/mol. The van der Waals surface area contributed by atoms with Crippen LogP contribution in [0.2, 0.25) is 0 Å². The Bertz CT molecular complexity index is 946. The van der Waals surface area contributed by atoms with Gasteiger partial charge in [-0.15, -0.1) is 0 Å². The minimum absolute atomic E-state index is 0.0676. The Balaban J connectivity index is 1.49. The number of benzene rings is 2. The average molecular weight is 474 g/mol. The molecular formula is C22H24BrN3O4. The Morgan fingerprint density at radius 3 is 2.70 bits per heavy atom. The van der Waals surface area contributed by atoms with Gasteiger partial charge in [0.05, 0.1) is 32.0 Å². The van der Waals surface area contributed by atoms with Crippen LogP contribution in [0.25, 0.3) is 0 Å². The molecule has 4 rings (SSSR count). The summed E-state index contributed by atoms with van der Waals surface area (Å²) in [5.74, 6) is 0.402. The number of halogens is 1. The average Bonchev–Trinajstić information content (AvgIpc) is 2.75.